The molecule has 0 aromatic heterocycles. The van der Waals surface area contributed by atoms with Gasteiger partial charge in [-0.2, -0.15) is 0 Å². The van der Waals surface area contributed by atoms with E-state index in [0.717, 1.165) is 18.4 Å². The van der Waals surface area contributed by atoms with E-state index >= 15 is 0 Å². The monoisotopic (exact) mass is 177 g/mol. The summed E-state index contributed by atoms with van der Waals surface area (Å²) in [6.07, 6.45) is 4.02. The van der Waals surface area contributed by atoms with Crippen molar-refractivity contribution in [1.82, 2.24) is 0 Å². The van der Waals surface area contributed by atoms with Crippen molar-refractivity contribution in [2.75, 3.05) is 6.54 Å². The fourth-order valence-electron chi connectivity index (χ4n) is 0.715. The summed E-state index contributed by atoms with van der Waals surface area (Å²) in [5, 5.41) is 0. The molecule has 1 aromatic carbocycles. The second-order valence-corrected chi connectivity index (χ2v) is 2.31. The van der Waals surface area contributed by atoms with Gasteiger partial charge in [0.25, 0.3) is 0 Å². The van der Waals surface area contributed by atoms with Crippen molar-refractivity contribution in [3.63, 3.8) is 0 Å². The van der Waals surface area contributed by atoms with Crippen molar-refractivity contribution >= 4 is 12.4 Å². The van der Waals surface area contributed by atoms with Crippen LogP contribution >= 0.6 is 0 Å². The van der Waals surface area contributed by atoms with Crippen molar-refractivity contribution in [2.24, 2.45) is 5.73 Å². The zero-order valence-corrected chi connectivity index (χ0v) is 7.81. The highest BCUT2D eigenvalue weighted by molar-refractivity contribution is 5.73. The van der Waals surface area contributed by atoms with Gasteiger partial charge in [0.15, 0.2) is 0 Å². The van der Waals surface area contributed by atoms with Crippen molar-refractivity contribution in [3.05, 3.63) is 42.0 Å². The van der Waals surface area contributed by atoms with Gasteiger partial charge in [-0.25, -0.2) is 0 Å². The fourth-order valence-corrected chi connectivity index (χ4v) is 0.715. The predicted octanol–water partition coefficient (Wildman–Crippen LogP) is 1.86. The Kier molecular flexibility index (Phi) is 7.74. The van der Waals surface area contributed by atoms with Crippen molar-refractivity contribution < 1.29 is 4.79 Å². The van der Waals surface area contributed by atoms with Gasteiger partial charge in [-0.3, -0.25) is 4.79 Å². The van der Waals surface area contributed by atoms with E-state index in [2.05, 4.69) is 0 Å². The minimum absolute atomic E-state index is 0.750. The SMILES string of the molecule is CCN.O=C/C=C/c1ccccc1. The smallest absolute Gasteiger partial charge is 0.142 e. The Bertz CT molecular complexity index is 242. The largest absolute Gasteiger partial charge is 0.331 e. The number of hydrogen-bond donors (Lipinski definition) is 1. The van der Waals surface area contributed by atoms with Gasteiger partial charge in [0.1, 0.15) is 6.29 Å². The number of allylic oxidation sites excluding steroid dienone is 1. The lowest BCUT2D eigenvalue weighted by Gasteiger charge is -1.86. The number of carbonyl (C=O) groups excluding carboxylic acids is 1. The number of rotatable bonds is 2. The number of benzene rings is 1. The molecule has 70 valence electrons. The first-order valence-electron chi connectivity index (χ1n) is 4.22. The van der Waals surface area contributed by atoms with Crippen LogP contribution in [0.3, 0.4) is 0 Å². The molecule has 0 bridgehead atoms. The van der Waals surface area contributed by atoms with Gasteiger partial charge in [0.05, 0.1) is 0 Å². The van der Waals surface area contributed by atoms with Crippen LogP contribution in [0, 0.1) is 0 Å². The summed E-state index contributed by atoms with van der Waals surface area (Å²) in [6, 6.07) is 9.70. The normalized spacial score (nSPS) is 9.08. The molecule has 2 heteroatoms. The molecule has 0 saturated carbocycles. The van der Waals surface area contributed by atoms with E-state index in [-0.39, 0.29) is 0 Å². The van der Waals surface area contributed by atoms with E-state index in [1.54, 1.807) is 6.08 Å². The summed E-state index contributed by atoms with van der Waals surface area (Å²) in [5.74, 6) is 0. The molecule has 0 saturated heterocycles. The van der Waals surface area contributed by atoms with Crippen LogP contribution in [0.1, 0.15) is 12.5 Å². The second kappa shape index (κ2) is 8.68. The first-order chi connectivity index (χ1) is 6.35. The van der Waals surface area contributed by atoms with Crippen LogP contribution in [0.4, 0.5) is 0 Å². The molecule has 0 amide bonds. The third kappa shape index (κ3) is 6.97. The molecule has 0 aliphatic carbocycles. The maximum absolute atomic E-state index is 9.89. The maximum atomic E-state index is 9.89. The zero-order valence-electron chi connectivity index (χ0n) is 7.81. The zero-order chi connectivity index (χ0) is 9.94. The van der Waals surface area contributed by atoms with Gasteiger partial charge in [-0.05, 0) is 18.2 Å². The second-order valence-electron chi connectivity index (χ2n) is 2.31. The molecule has 0 aliphatic heterocycles. The predicted molar refractivity (Wildman–Crippen MR) is 56.3 cm³/mol. The summed E-state index contributed by atoms with van der Waals surface area (Å²) in [6.45, 7) is 2.65. The van der Waals surface area contributed by atoms with E-state index < -0.39 is 0 Å². The van der Waals surface area contributed by atoms with E-state index in [9.17, 15) is 4.79 Å². The van der Waals surface area contributed by atoms with Crippen LogP contribution in [0.25, 0.3) is 6.08 Å². The fraction of sp³-hybridized carbons (Fsp3) is 0.182. The average Bonchev–Trinajstić information content (AvgIpc) is 2.18. The lowest BCUT2D eigenvalue weighted by atomic mass is 10.2. The summed E-state index contributed by atoms with van der Waals surface area (Å²) < 4.78 is 0. The molecule has 13 heavy (non-hydrogen) atoms. The lowest BCUT2D eigenvalue weighted by molar-refractivity contribution is -0.104. The molecule has 0 unspecified atom stereocenters. The highest BCUT2D eigenvalue weighted by atomic mass is 16.1. The van der Waals surface area contributed by atoms with Gasteiger partial charge >= 0.3 is 0 Å². The molecular formula is C11H15NO. The molecular weight excluding hydrogens is 162 g/mol. The van der Waals surface area contributed by atoms with Gasteiger partial charge in [-0.1, -0.05) is 43.3 Å². The van der Waals surface area contributed by atoms with Crippen molar-refractivity contribution in [2.45, 2.75) is 6.92 Å². The van der Waals surface area contributed by atoms with Gasteiger partial charge in [-0.15, -0.1) is 0 Å². The van der Waals surface area contributed by atoms with Crippen LogP contribution in [-0.4, -0.2) is 12.8 Å². The maximum Gasteiger partial charge on any atom is 0.142 e. The summed E-state index contributed by atoms with van der Waals surface area (Å²) in [4.78, 5) is 9.89. The van der Waals surface area contributed by atoms with Crippen LogP contribution in [0.5, 0.6) is 0 Å². The van der Waals surface area contributed by atoms with E-state index in [4.69, 9.17) is 5.73 Å². The van der Waals surface area contributed by atoms with Crippen LogP contribution in [-0.2, 0) is 4.79 Å². The summed E-state index contributed by atoms with van der Waals surface area (Å²) >= 11 is 0. The quantitative estimate of drug-likeness (QED) is 0.553. The van der Waals surface area contributed by atoms with Gasteiger partial charge < -0.3 is 5.73 Å². The Hall–Kier alpha value is -1.41. The van der Waals surface area contributed by atoms with Gasteiger partial charge in [0.2, 0.25) is 0 Å². The highest BCUT2D eigenvalue weighted by Crippen LogP contribution is 1.99. The van der Waals surface area contributed by atoms with Gasteiger partial charge in [0, 0.05) is 0 Å². The molecule has 1 rings (SSSR count). The number of hydrogen-bond acceptors (Lipinski definition) is 2. The standard InChI is InChI=1S/C9H8O.C2H7N/c10-8-4-7-9-5-2-1-3-6-9;1-2-3/h1-8H;2-3H2,1H3/b7-4+;. The molecule has 0 heterocycles. The van der Waals surface area contributed by atoms with Crippen molar-refractivity contribution in [1.29, 1.82) is 0 Å². The minimum atomic E-state index is 0.750. The van der Waals surface area contributed by atoms with Crippen molar-refractivity contribution in [3.8, 4) is 0 Å². The Morgan fingerprint density at radius 3 is 2.31 bits per heavy atom. The molecule has 0 fully saturated rings. The van der Waals surface area contributed by atoms with E-state index in [1.165, 1.54) is 6.08 Å². The number of aldehydes is 1. The van der Waals surface area contributed by atoms with Crippen LogP contribution in [0.15, 0.2) is 36.4 Å². The first-order valence-corrected chi connectivity index (χ1v) is 4.22. The Labute approximate surface area is 79.1 Å². The Morgan fingerprint density at radius 1 is 1.31 bits per heavy atom. The first kappa shape index (κ1) is 11.6. The minimum Gasteiger partial charge on any atom is -0.331 e. The highest BCUT2D eigenvalue weighted by Gasteiger charge is 1.79. The molecule has 0 spiro atoms. The summed E-state index contributed by atoms with van der Waals surface area (Å²) in [7, 11) is 0. The molecule has 0 aliphatic rings. The number of nitrogens with two attached hydrogens (primary N) is 1. The third-order valence-corrected chi connectivity index (χ3v) is 1.17. The topological polar surface area (TPSA) is 43.1 Å². The summed E-state index contributed by atoms with van der Waals surface area (Å²) in [5.41, 5.74) is 5.90. The molecule has 0 radical (unpaired) electrons. The van der Waals surface area contributed by atoms with E-state index in [1.807, 2.05) is 37.3 Å². The van der Waals surface area contributed by atoms with Crippen LogP contribution < -0.4 is 5.73 Å². The Morgan fingerprint density at radius 2 is 1.85 bits per heavy atom. The molecule has 0 atom stereocenters. The van der Waals surface area contributed by atoms with E-state index in [0.29, 0.717) is 0 Å². The average molecular weight is 177 g/mol. The van der Waals surface area contributed by atoms with Crippen LogP contribution in [0.2, 0.25) is 0 Å². The molecule has 1 aromatic rings. The Balaban J connectivity index is 0.000000424. The third-order valence-electron chi connectivity index (χ3n) is 1.17. The number of carbonyl (C=O) groups is 1. The molecule has 2 N–H and O–H groups in total. The lowest BCUT2D eigenvalue weighted by Crippen LogP contribution is -1.87. The molecule has 2 nitrogen and oxygen atoms in total.